The summed E-state index contributed by atoms with van der Waals surface area (Å²) in [5.41, 5.74) is 0.887. The zero-order chi connectivity index (χ0) is 19.0. The van der Waals surface area contributed by atoms with Crippen LogP contribution in [0.4, 0.5) is 0 Å². The van der Waals surface area contributed by atoms with E-state index in [1.54, 1.807) is 22.5 Å². The Kier molecular flexibility index (Phi) is 4.61. The van der Waals surface area contributed by atoms with E-state index in [2.05, 4.69) is 0 Å². The van der Waals surface area contributed by atoms with E-state index >= 15 is 0 Å². The predicted octanol–water partition coefficient (Wildman–Crippen LogP) is 3.78. The van der Waals surface area contributed by atoms with Gasteiger partial charge in [-0.05, 0) is 55.5 Å². The number of benzene rings is 2. The molecule has 0 N–H and O–H groups in total. The summed E-state index contributed by atoms with van der Waals surface area (Å²) >= 11 is 0. The van der Waals surface area contributed by atoms with Gasteiger partial charge in [0.05, 0.1) is 4.90 Å². The Morgan fingerprint density at radius 3 is 2.52 bits per heavy atom. The Labute approximate surface area is 158 Å². The molecule has 1 saturated carbocycles. The van der Waals surface area contributed by atoms with E-state index in [1.165, 1.54) is 12.1 Å². The monoisotopic (exact) mass is 383 g/mol. The smallest absolute Gasteiger partial charge is 0.336 e. The van der Waals surface area contributed by atoms with Gasteiger partial charge in [0.15, 0.2) is 0 Å². The first kappa shape index (κ1) is 17.9. The first-order chi connectivity index (χ1) is 12.9. The lowest BCUT2D eigenvalue weighted by atomic mass is 10.2. The van der Waals surface area contributed by atoms with Crippen molar-refractivity contribution in [2.75, 3.05) is 0 Å². The molecule has 1 fully saturated rings. The molecule has 6 heteroatoms. The summed E-state index contributed by atoms with van der Waals surface area (Å²) < 4.78 is 33.6. The highest BCUT2D eigenvalue weighted by Crippen LogP contribution is 2.38. The molecule has 140 valence electrons. The van der Waals surface area contributed by atoms with Gasteiger partial charge in [0.25, 0.3) is 0 Å². The SMILES string of the molecule is CC(C1CC1)N(Cc1ccccc1)S(=O)(=O)c1ccc2oc(=O)ccc2c1. The number of rotatable bonds is 6. The minimum atomic E-state index is -3.69. The van der Waals surface area contributed by atoms with E-state index in [-0.39, 0.29) is 10.9 Å². The van der Waals surface area contributed by atoms with Crippen molar-refractivity contribution in [2.24, 2.45) is 5.92 Å². The van der Waals surface area contributed by atoms with Crippen LogP contribution in [-0.4, -0.2) is 18.8 Å². The van der Waals surface area contributed by atoms with Crippen molar-refractivity contribution in [3.63, 3.8) is 0 Å². The molecule has 0 bridgehead atoms. The van der Waals surface area contributed by atoms with Crippen LogP contribution in [0.5, 0.6) is 0 Å². The van der Waals surface area contributed by atoms with Gasteiger partial charge in [-0.3, -0.25) is 0 Å². The van der Waals surface area contributed by atoms with Crippen LogP contribution in [0.2, 0.25) is 0 Å². The molecule has 4 rings (SSSR count). The standard InChI is InChI=1S/C21H21NO4S/c1-15(17-7-8-17)22(14-16-5-3-2-4-6-16)27(24,25)19-10-11-20-18(13-19)9-12-21(23)26-20/h2-6,9-13,15,17H,7-8,14H2,1H3. The summed E-state index contributed by atoms with van der Waals surface area (Å²) in [6.07, 6.45) is 2.12. The molecule has 1 aliphatic rings. The van der Waals surface area contributed by atoms with Crippen LogP contribution >= 0.6 is 0 Å². The highest BCUT2D eigenvalue weighted by atomic mass is 32.2. The first-order valence-electron chi connectivity index (χ1n) is 9.05. The molecular weight excluding hydrogens is 362 g/mol. The van der Waals surface area contributed by atoms with E-state index in [1.807, 2.05) is 37.3 Å². The van der Waals surface area contributed by atoms with Crippen LogP contribution in [0.3, 0.4) is 0 Å². The maximum atomic E-state index is 13.5. The highest BCUT2D eigenvalue weighted by Gasteiger charge is 2.38. The lowest BCUT2D eigenvalue weighted by molar-refractivity contribution is 0.303. The van der Waals surface area contributed by atoms with Gasteiger partial charge >= 0.3 is 5.63 Å². The number of hydrogen-bond donors (Lipinski definition) is 0. The second-order valence-electron chi connectivity index (χ2n) is 7.07. The summed E-state index contributed by atoms with van der Waals surface area (Å²) in [7, 11) is -3.69. The molecule has 0 amide bonds. The molecule has 0 spiro atoms. The maximum absolute atomic E-state index is 13.5. The van der Waals surface area contributed by atoms with E-state index in [4.69, 9.17) is 4.42 Å². The normalized spacial score (nSPS) is 15.9. The van der Waals surface area contributed by atoms with E-state index in [0.29, 0.717) is 23.4 Å². The molecule has 5 nitrogen and oxygen atoms in total. The Bertz CT molecular complexity index is 1120. The average Bonchev–Trinajstić information content (AvgIpc) is 3.51. The van der Waals surface area contributed by atoms with Gasteiger partial charge in [0.2, 0.25) is 10.0 Å². The molecule has 1 aliphatic carbocycles. The molecule has 1 heterocycles. The average molecular weight is 383 g/mol. The van der Waals surface area contributed by atoms with E-state index < -0.39 is 15.6 Å². The quantitative estimate of drug-likeness (QED) is 0.608. The van der Waals surface area contributed by atoms with Gasteiger partial charge in [-0.15, -0.1) is 0 Å². The summed E-state index contributed by atoms with van der Waals surface area (Å²) in [6.45, 7) is 2.32. The van der Waals surface area contributed by atoms with Gasteiger partial charge in [0.1, 0.15) is 5.58 Å². The van der Waals surface area contributed by atoms with Crippen LogP contribution in [0.15, 0.2) is 74.8 Å². The van der Waals surface area contributed by atoms with Crippen LogP contribution in [0.1, 0.15) is 25.3 Å². The molecule has 1 unspecified atom stereocenters. The van der Waals surface area contributed by atoms with Gasteiger partial charge < -0.3 is 4.42 Å². The first-order valence-corrected chi connectivity index (χ1v) is 10.5. The van der Waals surface area contributed by atoms with Crippen molar-refractivity contribution in [1.29, 1.82) is 0 Å². The number of hydrogen-bond acceptors (Lipinski definition) is 4. The number of fused-ring (bicyclic) bond motifs is 1. The Morgan fingerprint density at radius 1 is 1.07 bits per heavy atom. The molecule has 1 aromatic heterocycles. The van der Waals surface area contributed by atoms with E-state index in [9.17, 15) is 13.2 Å². The second kappa shape index (κ2) is 6.94. The van der Waals surface area contributed by atoms with Crippen molar-refractivity contribution in [3.8, 4) is 0 Å². The van der Waals surface area contributed by atoms with Gasteiger partial charge in [-0.2, -0.15) is 4.31 Å². The Morgan fingerprint density at radius 2 is 1.81 bits per heavy atom. The lowest BCUT2D eigenvalue weighted by Gasteiger charge is -2.28. The lowest BCUT2D eigenvalue weighted by Crippen LogP contribution is -2.39. The van der Waals surface area contributed by atoms with Crippen molar-refractivity contribution in [2.45, 2.75) is 37.2 Å². The predicted molar refractivity (Wildman–Crippen MR) is 104 cm³/mol. The fraction of sp³-hybridized carbons (Fsp3) is 0.286. The minimum absolute atomic E-state index is 0.0698. The summed E-state index contributed by atoms with van der Waals surface area (Å²) in [5.74, 6) is 0.405. The topological polar surface area (TPSA) is 67.6 Å². The molecule has 27 heavy (non-hydrogen) atoms. The zero-order valence-electron chi connectivity index (χ0n) is 15.0. The van der Waals surface area contributed by atoms with Crippen LogP contribution < -0.4 is 5.63 Å². The third kappa shape index (κ3) is 3.68. The number of sulfonamides is 1. The van der Waals surface area contributed by atoms with Gasteiger partial charge in [0, 0.05) is 24.0 Å². The molecule has 0 saturated heterocycles. The van der Waals surface area contributed by atoms with Crippen LogP contribution in [0.25, 0.3) is 11.0 Å². The largest absolute Gasteiger partial charge is 0.423 e. The van der Waals surface area contributed by atoms with Gasteiger partial charge in [-0.25, -0.2) is 13.2 Å². The van der Waals surface area contributed by atoms with Crippen molar-refractivity contribution >= 4 is 21.0 Å². The fourth-order valence-electron chi connectivity index (χ4n) is 3.37. The molecule has 0 radical (unpaired) electrons. The molecule has 2 aromatic carbocycles. The summed E-state index contributed by atoms with van der Waals surface area (Å²) in [5, 5.41) is 0.592. The molecule has 3 aromatic rings. The second-order valence-corrected chi connectivity index (χ2v) is 8.96. The summed E-state index contributed by atoms with van der Waals surface area (Å²) in [6, 6.07) is 17.1. The zero-order valence-corrected chi connectivity index (χ0v) is 15.9. The maximum Gasteiger partial charge on any atom is 0.336 e. The van der Waals surface area contributed by atoms with Crippen molar-refractivity contribution in [1.82, 2.24) is 4.31 Å². The van der Waals surface area contributed by atoms with Crippen LogP contribution in [-0.2, 0) is 16.6 Å². The molecular formula is C21H21NO4S. The Balaban J connectivity index is 1.75. The molecule has 0 aliphatic heterocycles. The van der Waals surface area contributed by atoms with E-state index in [0.717, 1.165) is 18.4 Å². The third-order valence-electron chi connectivity index (χ3n) is 5.14. The number of nitrogens with zero attached hydrogens (tertiary/aromatic N) is 1. The van der Waals surface area contributed by atoms with Crippen molar-refractivity contribution < 1.29 is 12.8 Å². The van der Waals surface area contributed by atoms with Gasteiger partial charge in [-0.1, -0.05) is 30.3 Å². The van der Waals surface area contributed by atoms with Crippen LogP contribution in [0, 0.1) is 5.92 Å². The van der Waals surface area contributed by atoms with Crippen molar-refractivity contribution in [3.05, 3.63) is 76.6 Å². The minimum Gasteiger partial charge on any atom is -0.423 e. The molecule has 1 atom stereocenters. The third-order valence-corrected chi connectivity index (χ3v) is 7.07. The summed E-state index contributed by atoms with van der Waals surface area (Å²) in [4.78, 5) is 11.6. The fourth-order valence-corrected chi connectivity index (χ4v) is 5.09. The Hall–Kier alpha value is -2.44. The highest BCUT2D eigenvalue weighted by molar-refractivity contribution is 7.89.